The molecule has 1 spiro atoms. The molecule has 28 heavy (non-hydrogen) atoms. The van der Waals surface area contributed by atoms with Crippen molar-refractivity contribution in [3.63, 3.8) is 0 Å². The molecular formula is C21H33N5O2. The van der Waals surface area contributed by atoms with Gasteiger partial charge in [0.15, 0.2) is 0 Å². The minimum Gasteiger partial charge on any atom is -0.378 e. The number of carbonyl (C=O) groups is 1. The maximum Gasteiger partial charge on any atom is 0.257 e. The van der Waals surface area contributed by atoms with Gasteiger partial charge in [0, 0.05) is 43.6 Å². The number of anilines is 1. The molecule has 1 aromatic rings. The van der Waals surface area contributed by atoms with Gasteiger partial charge in [-0.3, -0.25) is 4.79 Å². The average Bonchev–Trinajstić information content (AvgIpc) is 3.12. The van der Waals surface area contributed by atoms with Crippen LogP contribution in [0.1, 0.15) is 55.8 Å². The van der Waals surface area contributed by atoms with Gasteiger partial charge in [-0.1, -0.05) is 26.2 Å². The third-order valence-electron chi connectivity index (χ3n) is 6.91. The number of carbonyl (C=O) groups excluding carboxylic acids is 1. The fourth-order valence-electron chi connectivity index (χ4n) is 5.07. The zero-order valence-electron chi connectivity index (χ0n) is 17.3. The summed E-state index contributed by atoms with van der Waals surface area (Å²) in [5.74, 6) is 0.791. The van der Waals surface area contributed by atoms with Crippen LogP contribution >= 0.6 is 0 Å². The first-order valence-electron chi connectivity index (χ1n) is 10.8. The van der Waals surface area contributed by atoms with Gasteiger partial charge in [-0.25, -0.2) is 9.97 Å². The number of morpholine rings is 1. The van der Waals surface area contributed by atoms with Gasteiger partial charge in [0.05, 0.1) is 18.8 Å². The van der Waals surface area contributed by atoms with Crippen LogP contribution in [0, 0.1) is 0 Å². The van der Waals surface area contributed by atoms with Crippen LogP contribution in [0.4, 0.5) is 5.95 Å². The Labute approximate surface area is 168 Å². The van der Waals surface area contributed by atoms with Crippen LogP contribution < -0.4 is 4.90 Å². The summed E-state index contributed by atoms with van der Waals surface area (Å²) in [6.45, 7) is 7.02. The molecule has 1 saturated carbocycles. The molecule has 3 aliphatic rings. The second-order valence-electron chi connectivity index (χ2n) is 8.50. The van der Waals surface area contributed by atoms with Crippen molar-refractivity contribution in [2.75, 3.05) is 51.3 Å². The number of hydrogen-bond acceptors (Lipinski definition) is 6. The van der Waals surface area contributed by atoms with Crippen LogP contribution in [0.5, 0.6) is 0 Å². The van der Waals surface area contributed by atoms with Crippen molar-refractivity contribution in [1.82, 2.24) is 19.8 Å². The van der Waals surface area contributed by atoms with Gasteiger partial charge < -0.3 is 19.4 Å². The van der Waals surface area contributed by atoms with Gasteiger partial charge in [-0.05, 0) is 32.9 Å². The molecule has 1 aromatic heterocycles. The molecular weight excluding hydrogens is 354 g/mol. The van der Waals surface area contributed by atoms with E-state index in [2.05, 4.69) is 38.6 Å². The third kappa shape index (κ3) is 3.74. The van der Waals surface area contributed by atoms with Crippen molar-refractivity contribution in [2.45, 2.75) is 57.0 Å². The van der Waals surface area contributed by atoms with Crippen molar-refractivity contribution >= 4 is 11.9 Å². The molecule has 1 atom stereocenters. The van der Waals surface area contributed by atoms with Crippen LogP contribution in [0.3, 0.4) is 0 Å². The van der Waals surface area contributed by atoms with E-state index < -0.39 is 0 Å². The zero-order chi connectivity index (χ0) is 19.6. The lowest BCUT2D eigenvalue weighted by Crippen LogP contribution is -2.48. The number of ether oxygens (including phenoxy) is 1. The van der Waals surface area contributed by atoms with E-state index >= 15 is 0 Å². The van der Waals surface area contributed by atoms with E-state index in [0.717, 1.165) is 45.4 Å². The van der Waals surface area contributed by atoms with Gasteiger partial charge in [0.1, 0.15) is 0 Å². The number of aromatic nitrogens is 2. The van der Waals surface area contributed by atoms with Gasteiger partial charge in [-0.15, -0.1) is 0 Å². The second kappa shape index (κ2) is 8.33. The minimum atomic E-state index is 0.0201. The molecule has 154 valence electrons. The zero-order valence-corrected chi connectivity index (χ0v) is 17.3. The lowest BCUT2D eigenvalue weighted by atomic mass is 9.79. The van der Waals surface area contributed by atoms with E-state index in [4.69, 9.17) is 4.74 Å². The fraction of sp³-hybridized carbons (Fsp3) is 0.762. The largest absolute Gasteiger partial charge is 0.378 e. The third-order valence-corrected chi connectivity index (χ3v) is 6.91. The fourth-order valence-corrected chi connectivity index (χ4v) is 5.07. The number of likely N-dealkylation sites (N-methyl/N-ethyl adjacent to an activating group) is 1. The number of amides is 1. The van der Waals surface area contributed by atoms with E-state index in [9.17, 15) is 4.79 Å². The van der Waals surface area contributed by atoms with Crippen LogP contribution in [0.2, 0.25) is 0 Å². The maximum absolute atomic E-state index is 13.5. The standard InChI is InChI=1S/C21H33N5O2/c1-3-24(2)18-13-21(7-5-4-6-8-21)26(16-18)19(27)17-14-22-20(23-15-17)25-9-11-28-12-10-25/h14-15,18H,3-13,16H2,1-2H3/t18-/m1/s1. The van der Waals surface area contributed by atoms with Gasteiger partial charge in [0.2, 0.25) is 5.95 Å². The molecule has 0 N–H and O–H groups in total. The highest BCUT2D eigenvalue weighted by Gasteiger charge is 2.49. The Morgan fingerprint density at radius 1 is 1.21 bits per heavy atom. The topological polar surface area (TPSA) is 61.8 Å². The van der Waals surface area contributed by atoms with Crippen molar-refractivity contribution in [1.29, 1.82) is 0 Å². The van der Waals surface area contributed by atoms with Gasteiger partial charge in [-0.2, -0.15) is 0 Å². The minimum absolute atomic E-state index is 0.0201. The Morgan fingerprint density at radius 2 is 1.89 bits per heavy atom. The summed E-state index contributed by atoms with van der Waals surface area (Å²) in [6, 6.07) is 0.445. The predicted molar refractivity (Wildman–Crippen MR) is 109 cm³/mol. The predicted octanol–water partition coefficient (Wildman–Crippen LogP) is 2.18. The van der Waals surface area contributed by atoms with E-state index in [-0.39, 0.29) is 11.4 Å². The van der Waals surface area contributed by atoms with E-state index in [1.807, 2.05) is 0 Å². The Morgan fingerprint density at radius 3 is 2.54 bits per heavy atom. The van der Waals surface area contributed by atoms with E-state index in [1.54, 1.807) is 12.4 Å². The van der Waals surface area contributed by atoms with Crippen molar-refractivity contribution in [3.05, 3.63) is 18.0 Å². The maximum atomic E-state index is 13.5. The summed E-state index contributed by atoms with van der Waals surface area (Å²) in [5, 5.41) is 0. The SMILES string of the molecule is CCN(C)[C@H]1CN(C(=O)c2cnc(N3CCOCC3)nc2)C2(CCCCC2)C1. The molecule has 7 nitrogen and oxygen atoms in total. The summed E-state index contributed by atoms with van der Waals surface area (Å²) < 4.78 is 5.39. The molecule has 3 heterocycles. The molecule has 0 unspecified atom stereocenters. The van der Waals surface area contributed by atoms with Crippen LogP contribution in [0.25, 0.3) is 0 Å². The highest BCUT2D eigenvalue weighted by molar-refractivity contribution is 5.94. The lowest BCUT2D eigenvalue weighted by Gasteiger charge is -2.41. The summed E-state index contributed by atoms with van der Waals surface area (Å²) in [5.41, 5.74) is 0.633. The first kappa shape index (κ1) is 19.6. The molecule has 0 aromatic carbocycles. The number of nitrogens with zero attached hydrogens (tertiary/aromatic N) is 5. The summed E-state index contributed by atoms with van der Waals surface area (Å²) in [7, 11) is 2.18. The van der Waals surface area contributed by atoms with Crippen LogP contribution in [-0.2, 0) is 4.74 Å². The molecule has 7 heteroatoms. The quantitative estimate of drug-likeness (QED) is 0.789. The second-order valence-corrected chi connectivity index (χ2v) is 8.50. The number of hydrogen-bond donors (Lipinski definition) is 0. The van der Waals surface area contributed by atoms with Gasteiger partial charge >= 0.3 is 0 Å². The van der Waals surface area contributed by atoms with E-state index in [1.165, 1.54) is 19.3 Å². The van der Waals surface area contributed by atoms with Crippen molar-refractivity contribution in [3.8, 4) is 0 Å². The number of likely N-dealkylation sites (tertiary alicyclic amines) is 1. The highest BCUT2D eigenvalue weighted by atomic mass is 16.5. The smallest absolute Gasteiger partial charge is 0.257 e. The Hall–Kier alpha value is -1.73. The first-order chi connectivity index (χ1) is 13.6. The summed E-state index contributed by atoms with van der Waals surface area (Å²) >= 11 is 0. The normalized spacial score (nSPS) is 24.9. The molecule has 4 rings (SSSR count). The highest BCUT2D eigenvalue weighted by Crippen LogP contribution is 2.43. The first-order valence-corrected chi connectivity index (χ1v) is 10.8. The lowest BCUT2D eigenvalue weighted by molar-refractivity contribution is 0.0498. The van der Waals surface area contributed by atoms with Crippen LogP contribution in [0.15, 0.2) is 12.4 Å². The Bertz CT molecular complexity index is 668. The Balaban J connectivity index is 1.53. The van der Waals surface area contributed by atoms with Crippen molar-refractivity contribution < 1.29 is 9.53 Å². The molecule has 0 radical (unpaired) electrons. The molecule has 0 bridgehead atoms. The monoisotopic (exact) mass is 387 g/mol. The summed E-state index contributed by atoms with van der Waals surface area (Å²) in [6.07, 6.45) is 10.5. The van der Waals surface area contributed by atoms with Crippen molar-refractivity contribution in [2.24, 2.45) is 0 Å². The average molecular weight is 388 g/mol. The van der Waals surface area contributed by atoms with Gasteiger partial charge in [0.25, 0.3) is 5.91 Å². The molecule has 3 fully saturated rings. The van der Waals surface area contributed by atoms with E-state index in [0.29, 0.717) is 30.8 Å². The number of rotatable bonds is 4. The summed E-state index contributed by atoms with van der Waals surface area (Å²) in [4.78, 5) is 29.1. The molecule has 2 aliphatic heterocycles. The molecule has 1 aliphatic carbocycles. The van der Waals surface area contributed by atoms with Crippen LogP contribution in [-0.4, -0.2) is 83.7 Å². The molecule has 2 saturated heterocycles. The Kier molecular flexibility index (Phi) is 5.83. The molecule has 1 amide bonds.